The number of aliphatic hydroxyl groups excluding tert-OH is 2. The van der Waals surface area contributed by atoms with Gasteiger partial charge in [0.15, 0.2) is 0 Å². The monoisotopic (exact) mass is 750 g/mol. The quantitative estimate of drug-likeness (QED) is 0.0173. The first-order valence-corrected chi connectivity index (χ1v) is 21.1. The first kappa shape index (κ1) is 49.6. The Morgan fingerprint density at radius 2 is 1.35 bits per heavy atom. The number of likely N-dealkylation sites (N-methyl/N-ethyl adjacent to an activating group) is 1. The zero-order chi connectivity index (χ0) is 38.8. The molecule has 0 aromatic rings. The van der Waals surface area contributed by atoms with Crippen LogP contribution >= 0.6 is 7.82 Å². The van der Waals surface area contributed by atoms with E-state index in [0.717, 1.165) is 38.5 Å². The standard InChI is InChI=1S/C42H73N2O7P/c1-6-8-10-12-14-16-18-20-21-23-25-27-29-32-39(45)33-31-35-42(47)43-40(38-51-52(48,49)50-37-36-44(3,4)5)41(46)34-30-28-26-24-22-19-17-15-13-11-9-7-2/h8,10,14,16,20-22,24-25,27,29-30,32,34,39-41,45-46H,6-7,9,11-13,15,17-19,23,26,28,31,33,35-38H2,1-5H3,(H-,43,47,48,49)/p+1/b10-8-,16-14-,21-20-,24-22-,27-25-,32-29+,34-30+/t39?,40-,41+/m0/s1. The molecule has 0 spiro atoms. The number of hydrogen-bond donors (Lipinski definition) is 4. The van der Waals surface area contributed by atoms with Gasteiger partial charge in [0, 0.05) is 6.42 Å². The largest absolute Gasteiger partial charge is 0.472 e. The SMILES string of the molecule is CC/C=C\C/C=C\C/C=C\C/C=C\C=C\C(O)CCCC(=O)N[C@@H](COP(=O)(O)OCC[N+](C)(C)C)[C@H](O)/C=C/CC/C=C\CCCCCCCC. The van der Waals surface area contributed by atoms with E-state index in [0.29, 0.717) is 30.3 Å². The average Bonchev–Trinajstić information content (AvgIpc) is 3.08. The minimum atomic E-state index is -4.40. The van der Waals surface area contributed by atoms with Crippen LogP contribution < -0.4 is 5.32 Å². The summed E-state index contributed by atoms with van der Waals surface area (Å²) in [7, 11) is 1.42. The van der Waals surface area contributed by atoms with Gasteiger partial charge in [0.1, 0.15) is 13.2 Å². The van der Waals surface area contributed by atoms with Crippen molar-refractivity contribution in [3.05, 3.63) is 85.1 Å². The van der Waals surface area contributed by atoms with Crippen molar-refractivity contribution < 1.29 is 38.0 Å². The normalized spacial score (nSPS) is 16.1. The number of amides is 1. The van der Waals surface area contributed by atoms with Crippen molar-refractivity contribution in [2.45, 2.75) is 135 Å². The van der Waals surface area contributed by atoms with Crippen molar-refractivity contribution >= 4 is 13.7 Å². The van der Waals surface area contributed by atoms with E-state index in [1.54, 1.807) is 18.2 Å². The smallest absolute Gasteiger partial charge is 0.389 e. The van der Waals surface area contributed by atoms with Crippen molar-refractivity contribution in [1.82, 2.24) is 5.32 Å². The van der Waals surface area contributed by atoms with Crippen LogP contribution in [-0.4, -0.2) is 84.6 Å². The molecule has 0 heterocycles. The molecule has 298 valence electrons. The van der Waals surface area contributed by atoms with E-state index in [4.69, 9.17) is 9.05 Å². The first-order valence-electron chi connectivity index (χ1n) is 19.6. The molecule has 0 aliphatic heterocycles. The first-order chi connectivity index (χ1) is 24.9. The minimum absolute atomic E-state index is 0.0161. The van der Waals surface area contributed by atoms with Gasteiger partial charge in [-0.05, 0) is 64.2 Å². The number of quaternary nitrogens is 1. The third-order valence-electron chi connectivity index (χ3n) is 7.95. The van der Waals surface area contributed by atoms with Crippen LogP contribution in [0, 0.1) is 0 Å². The van der Waals surface area contributed by atoms with Crippen molar-refractivity contribution in [2.75, 3.05) is 40.9 Å². The summed E-state index contributed by atoms with van der Waals surface area (Å²) in [6.07, 6.45) is 41.1. The number of hydrogen-bond acceptors (Lipinski definition) is 6. The minimum Gasteiger partial charge on any atom is -0.389 e. The van der Waals surface area contributed by atoms with Crippen molar-refractivity contribution in [3.8, 4) is 0 Å². The van der Waals surface area contributed by atoms with Gasteiger partial charge in [-0.3, -0.25) is 13.8 Å². The van der Waals surface area contributed by atoms with Gasteiger partial charge in [-0.25, -0.2) is 4.57 Å². The second kappa shape index (κ2) is 33.2. The lowest BCUT2D eigenvalue weighted by molar-refractivity contribution is -0.870. The highest BCUT2D eigenvalue weighted by molar-refractivity contribution is 7.47. The Balaban J connectivity index is 4.81. The van der Waals surface area contributed by atoms with Crippen LogP contribution in [0.1, 0.15) is 117 Å². The Morgan fingerprint density at radius 3 is 2.02 bits per heavy atom. The number of rotatable bonds is 33. The van der Waals surface area contributed by atoms with Crippen molar-refractivity contribution in [2.24, 2.45) is 0 Å². The van der Waals surface area contributed by atoms with E-state index < -0.39 is 32.7 Å². The molecule has 0 saturated heterocycles. The van der Waals surface area contributed by atoms with Crippen LogP contribution in [0.3, 0.4) is 0 Å². The third kappa shape index (κ3) is 34.7. The van der Waals surface area contributed by atoms with Gasteiger partial charge >= 0.3 is 7.82 Å². The molecule has 52 heavy (non-hydrogen) atoms. The molecule has 2 unspecified atom stereocenters. The summed E-state index contributed by atoms with van der Waals surface area (Å²) < 4.78 is 23.4. The molecule has 4 atom stereocenters. The van der Waals surface area contributed by atoms with E-state index in [1.165, 1.54) is 38.5 Å². The number of allylic oxidation sites excluding steroid dienone is 12. The molecule has 9 nitrogen and oxygen atoms in total. The number of aliphatic hydroxyl groups is 2. The van der Waals surface area contributed by atoms with E-state index in [9.17, 15) is 24.5 Å². The van der Waals surface area contributed by atoms with Gasteiger partial charge in [-0.1, -0.05) is 131 Å². The summed E-state index contributed by atoms with van der Waals surface area (Å²) in [6.45, 7) is 4.45. The average molecular weight is 750 g/mol. The number of nitrogens with one attached hydrogen (secondary N) is 1. The Kier molecular flexibility index (Phi) is 31.7. The lowest BCUT2D eigenvalue weighted by Gasteiger charge is -2.25. The highest BCUT2D eigenvalue weighted by atomic mass is 31.2. The number of carbonyl (C=O) groups excluding carboxylic acids is 1. The third-order valence-corrected chi connectivity index (χ3v) is 8.94. The second-order valence-electron chi connectivity index (χ2n) is 14.1. The molecular formula is C42H74N2O7P+. The van der Waals surface area contributed by atoms with E-state index >= 15 is 0 Å². The zero-order valence-corrected chi connectivity index (χ0v) is 34.0. The predicted octanol–water partition coefficient (Wildman–Crippen LogP) is 9.21. The molecule has 0 bridgehead atoms. The van der Waals surface area contributed by atoms with E-state index in [-0.39, 0.29) is 18.9 Å². The lowest BCUT2D eigenvalue weighted by atomic mass is 10.1. The molecule has 1 amide bonds. The summed E-state index contributed by atoms with van der Waals surface area (Å²) in [6, 6.07) is -0.961. The van der Waals surface area contributed by atoms with E-state index in [1.807, 2.05) is 39.4 Å². The summed E-state index contributed by atoms with van der Waals surface area (Å²) in [5.74, 6) is -0.354. The fraction of sp³-hybridized carbons (Fsp3) is 0.643. The molecule has 4 N–H and O–H groups in total. The lowest BCUT2D eigenvalue weighted by Crippen LogP contribution is -2.45. The Labute approximate surface area is 317 Å². The van der Waals surface area contributed by atoms with Crippen molar-refractivity contribution in [3.63, 3.8) is 0 Å². The number of carbonyl (C=O) groups is 1. The Morgan fingerprint density at radius 1 is 0.731 bits per heavy atom. The molecule has 0 rings (SSSR count). The Hall–Kier alpha value is -2.36. The molecule has 0 aromatic heterocycles. The van der Waals surface area contributed by atoms with Gasteiger partial charge in [0.25, 0.3) is 0 Å². The number of unbranched alkanes of at least 4 members (excludes halogenated alkanes) is 7. The predicted molar refractivity (Wildman–Crippen MR) is 218 cm³/mol. The van der Waals surface area contributed by atoms with E-state index in [2.05, 4.69) is 67.8 Å². The molecule has 0 radical (unpaired) electrons. The highest BCUT2D eigenvalue weighted by Crippen LogP contribution is 2.43. The van der Waals surface area contributed by atoms with Crippen LogP contribution in [0.5, 0.6) is 0 Å². The summed E-state index contributed by atoms with van der Waals surface area (Å²) >= 11 is 0. The molecular weight excluding hydrogens is 675 g/mol. The maximum absolute atomic E-state index is 12.8. The number of phosphoric acid groups is 1. The molecule has 0 aliphatic rings. The van der Waals surface area contributed by atoms with Gasteiger partial charge in [0.05, 0.1) is 46.0 Å². The maximum atomic E-state index is 12.8. The topological polar surface area (TPSA) is 125 Å². The van der Waals surface area contributed by atoms with Crippen LogP contribution in [0.15, 0.2) is 85.1 Å². The van der Waals surface area contributed by atoms with Gasteiger partial charge in [-0.15, -0.1) is 0 Å². The summed E-state index contributed by atoms with van der Waals surface area (Å²) in [4.78, 5) is 23.0. The molecule has 0 aliphatic carbocycles. The highest BCUT2D eigenvalue weighted by Gasteiger charge is 2.27. The number of nitrogens with zero attached hydrogens (tertiary/aromatic N) is 1. The molecule has 10 heteroatoms. The molecule has 0 saturated carbocycles. The van der Waals surface area contributed by atoms with Crippen LogP contribution in [-0.2, 0) is 18.4 Å². The molecule has 0 fully saturated rings. The fourth-order valence-corrected chi connectivity index (χ4v) is 5.52. The van der Waals surface area contributed by atoms with Crippen LogP contribution in [0.4, 0.5) is 0 Å². The van der Waals surface area contributed by atoms with Crippen LogP contribution in [0.2, 0.25) is 0 Å². The Bertz CT molecular complexity index is 1140. The molecule has 0 aromatic carbocycles. The maximum Gasteiger partial charge on any atom is 0.472 e. The summed E-state index contributed by atoms with van der Waals surface area (Å²) in [5, 5.41) is 23.9. The van der Waals surface area contributed by atoms with Gasteiger partial charge < -0.3 is 24.9 Å². The van der Waals surface area contributed by atoms with Crippen molar-refractivity contribution in [1.29, 1.82) is 0 Å². The second-order valence-corrected chi connectivity index (χ2v) is 15.6. The summed E-state index contributed by atoms with van der Waals surface area (Å²) in [5.41, 5.74) is 0. The van der Waals surface area contributed by atoms with Crippen LogP contribution in [0.25, 0.3) is 0 Å². The fourth-order valence-electron chi connectivity index (χ4n) is 4.79. The van der Waals surface area contributed by atoms with Gasteiger partial charge in [-0.2, -0.15) is 0 Å². The van der Waals surface area contributed by atoms with Gasteiger partial charge in [0.2, 0.25) is 5.91 Å². The zero-order valence-electron chi connectivity index (χ0n) is 33.1. The number of phosphoric ester groups is 1.